The SMILES string of the molecule is CCCc1cc(C(=O)NC(C)c2cccs2)cc(Cl)n1. The molecule has 3 nitrogen and oxygen atoms in total. The molecule has 2 heterocycles. The van der Waals surface area contributed by atoms with Crippen molar-refractivity contribution >= 4 is 28.8 Å². The van der Waals surface area contributed by atoms with E-state index in [1.54, 1.807) is 17.4 Å². The van der Waals surface area contributed by atoms with Crippen LogP contribution in [0.3, 0.4) is 0 Å². The first kappa shape index (κ1) is 15.0. The van der Waals surface area contributed by atoms with Gasteiger partial charge < -0.3 is 5.32 Å². The number of carbonyl (C=O) groups excluding carboxylic acids is 1. The number of aryl methyl sites for hydroxylation is 1. The van der Waals surface area contributed by atoms with Gasteiger partial charge in [-0.15, -0.1) is 11.3 Å². The molecule has 0 saturated heterocycles. The van der Waals surface area contributed by atoms with Gasteiger partial charge in [0.15, 0.2) is 0 Å². The molecule has 0 aliphatic heterocycles. The fourth-order valence-corrected chi connectivity index (χ4v) is 2.92. The summed E-state index contributed by atoms with van der Waals surface area (Å²) >= 11 is 7.61. The number of pyridine rings is 1. The first-order valence-corrected chi connectivity index (χ1v) is 7.86. The molecule has 0 saturated carbocycles. The minimum atomic E-state index is -0.118. The van der Waals surface area contributed by atoms with Crippen molar-refractivity contribution in [3.05, 3.63) is 50.9 Å². The summed E-state index contributed by atoms with van der Waals surface area (Å²) in [6.45, 7) is 4.04. The molecule has 1 unspecified atom stereocenters. The normalized spacial score (nSPS) is 12.2. The Morgan fingerprint density at radius 2 is 2.30 bits per heavy atom. The monoisotopic (exact) mass is 308 g/mol. The van der Waals surface area contributed by atoms with E-state index in [1.807, 2.05) is 30.5 Å². The van der Waals surface area contributed by atoms with Crippen molar-refractivity contribution in [1.29, 1.82) is 0 Å². The fraction of sp³-hybridized carbons (Fsp3) is 0.333. The first-order valence-electron chi connectivity index (χ1n) is 6.61. The van der Waals surface area contributed by atoms with Gasteiger partial charge >= 0.3 is 0 Å². The van der Waals surface area contributed by atoms with Crippen molar-refractivity contribution in [2.75, 3.05) is 0 Å². The van der Waals surface area contributed by atoms with Gasteiger partial charge in [0.2, 0.25) is 0 Å². The van der Waals surface area contributed by atoms with Gasteiger partial charge in [-0.1, -0.05) is 31.0 Å². The smallest absolute Gasteiger partial charge is 0.251 e. The van der Waals surface area contributed by atoms with Gasteiger partial charge in [0, 0.05) is 16.1 Å². The Bertz CT molecular complexity index is 584. The lowest BCUT2D eigenvalue weighted by atomic mass is 10.1. The lowest BCUT2D eigenvalue weighted by Crippen LogP contribution is -2.26. The van der Waals surface area contributed by atoms with E-state index in [4.69, 9.17) is 11.6 Å². The van der Waals surface area contributed by atoms with Crippen molar-refractivity contribution < 1.29 is 4.79 Å². The molecule has 1 atom stereocenters. The summed E-state index contributed by atoms with van der Waals surface area (Å²) in [5.41, 5.74) is 1.42. The Kier molecular flexibility index (Phi) is 5.15. The number of thiophene rings is 1. The average molecular weight is 309 g/mol. The number of nitrogens with zero attached hydrogens (tertiary/aromatic N) is 1. The Balaban J connectivity index is 2.12. The maximum atomic E-state index is 12.3. The van der Waals surface area contributed by atoms with Crippen LogP contribution in [-0.4, -0.2) is 10.9 Å². The van der Waals surface area contributed by atoms with Crippen LogP contribution in [0.1, 0.15) is 47.2 Å². The second kappa shape index (κ2) is 6.86. The summed E-state index contributed by atoms with van der Waals surface area (Å²) in [6.07, 6.45) is 1.79. The van der Waals surface area contributed by atoms with Crippen LogP contribution in [-0.2, 0) is 6.42 Å². The summed E-state index contributed by atoms with van der Waals surface area (Å²) in [5, 5.41) is 5.35. The zero-order valence-electron chi connectivity index (χ0n) is 11.5. The highest BCUT2D eigenvalue weighted by Crippen LogP contribution is 2.19. The molecule has 106 valence electrons. The highest BCUT2D eigenvalue weighted by Gasteiger charge is 2.13. The Morgan fingerprint density at radius 1 is 1.50 bits per heavy atom. The molecule has 2 aromatic rings. The molecular formula is C15H17ClN2OS. The molecule has 0 bridgehead atoms. The minimum Gasteiger partial charge on any atom is -0.345 e. The second-order valence-corrected chi connectivity index (χ2v) is 6.00. The molecule has 2 rings (SSSR count). The predicted octanol–water partition coefficient (Wildman–Crippen LogP) is 4.24. The van der Waals surface area contributed by atoms with Crippen molar-refractivity contribution in [2.45, 2.75) is 32.7 Å². The number of nitrogens with one attached hydrogen (secondary N) is 1. The Hall–Kier alpha value is -1.39. The molecule has 1 N–H and O–H groups in total. The molecule has 20 heavy (non-hydrogen) atoms. The van der Waals surface area contributed by atoms with Gasteiger partial charge in [-0.2, -0.15) is 0 Å². The summed E-state index contributed by atoms with van der Waals surface area (Å²) in [4.78, 5) is 17.6. The number of carbonyl (C=O) groups is 1. The molecule has 5 heteroatoms. The maximum Gasteiger partial charge on any atom is 0.251 e. The lowest BCUT2D eigenvalue weighted by molar-refractivity contribution is 0.0940. The number of hydrogen-bond donors (Lipinski definition) is 1. The van der Waals surface area contributed by atoms with Crippen molar-refractivity contribution in [3.8, 4) is 0 Å². The van der Waals surface area contributed by atoms with Crippen molar-refractivity contribution in [3.63, 3.8) is 0 Å². The third kappa shape index (κ3) is 3.81. The maximum absolute atomic E-state index is 12.3. The van der Waals surface area contributed by atoms with Crippen LogP contribution in [0.4, 0.5) is 0 Å². The zero-order chi connectivity index (χ0) is 14.5. The Morgan fingerprint density at radius 3 is 2.95 bits per heavy atom. The van der Waals surface area contributed by atoms with E-state index >= 15 is 0 Å². The molecular weight excluding hydrogens is 292 g/mol. The van der Waals surface area contributed by atoms with Gasteiger partial charge in [0.25, 0.3) is 5.91 Å². The minimum absolute atomic E-state index is 0.0101. The third-order valence-corrected chi connectivity index (χ3v) is 4.18. The summed E-state index contributed by atoms with van der Waals surface area (Å²) in [7, 11) is 0. The van der Waals surface area contributed by atoms with Crippen LogP contribution >= 0.6 is 22.9 Å². The molecule has 0 radical (unpaired) electrons. The standard InChI is InChI=1S/C15H17ClN2OS/c1-3-5-12-8-11(9-14(16)18-12)15(19)17-10(2)13-6-4-7-20-13/h4,6-10H,3,5H2,1-2H3,(H,17,19). The van der Waals surface area contributed by atoms with Gasteiger partial charge in [0.05, 0.1) is 6.04 Å². The van der Waals surface area contributed by atoms with Crippen molar-refractivity contribution in [1.82, 2.24) is 10.3 Å². The molecule has 0 aromatic carbocycles. The lowest BCUT2D eigenvalue weighted by Gasteiger charge is -2.13. The van der Waals surface area contributed by atoms with E-state index in [2.05, 4.69) is 17.2 Å². The quantitative estimate of drug-likeness (QED) is 0.839. The summed E-state index contributed by atoms with van der Waals surface area (Å²) in [6, 6.07) is 7.40. The highest BCUT2D eigenvalue weighted by atomic mass is 35.5. The number of rotatable bonds is 5. The van der Waals surface area contributed by atoms with Crippen LogP contribution < -0.4 is 5.32 Å². The topological polar surface area (TPSA) is 42.0 Å². The van der Waals surface area contributed by atoms with E-state index in [1.165, 1.54) is 0 Å². The summed E-state index contributed by atoms with van der Waals surface area (Å²) < 4.78 is 0. The zero-order valence-corrected chi connectivity index (χ0v) is 13.1. The van der Waals surface area contributed by atoms with Crippen molar-refractivity contribution in [2.24, 2.45) is 0 Å². The van der Waals surface area contributed by atoms with E-state index in [-0.39, 0.29) is 11.9 Å². The van der Waals surface area contributed by atoms with Gasteiger partial charge in [0.1, 0.15) is 5.15 Å². The number of amides is 1. The van der Waals surface area contributed by atoms with Gasteiger partial charge in [-0.25, -0.2) is 4.98 Å². The molecule has 0 fully saturated rings. The predicted molar refractivity (Wildman–Crippen MR) is 83.4 cm³/mol. The van der Waals surface area contributed by atoms with Gasteiger partial charge in [-0.05, 0) is 36.9 Å². The second-order valence-electron chi connectivity index (χ2n) is 4.63. The highest BCUT2D eigenvalue weighted by molar-refractivity contribution is 7.10. The van der Waals surface area contributed by atoms with Crippen LogP contribution in [0.2, 0.25) is 5.15 Å². The largest absolute Gasteiger partial charge is 0.345 e. The number of aromatic nitrogens is 1. The van der Waals surface area contributed by atoms with Crippen LogP contribution in [0.15, 0.2) is 29.6 Å². The first-order chi connectivity index (χ1) is 9.60. The number of halogens is 1. The molecule has 2 aromatic heterocycles. The molecule has 1 amide bonds. The third-order valence-electron chi connectivity index (χ3n) is 2.93. The van der Waals surface area contributed by atoms with Crippen LogP contribution in [0.5, 0.6) is 0 Å². The average Bonchev–Trinajstić information content (AvgIpc) is 2.92. The van der Waals surface area contributed by atoms with Crippen LogP contribution in [0, 0.1) is 0 Å². The van der Waals surface area contributed by atoms with E-state index in [0.29, 0.717) is 10.7 Å². The molecule has 0 aliphatic carbocycles. The molecule has 0 aliphatic rings. The fourth-order valence-electron chi connectivity index (χ4n) is 1.96. The number of hydrogen-bond acceptors (Lipinski definition) is 3. The van der Waals surface area contributed by atoms with E-state index < -0.39 is 0 Å². The van der Waals surface area contributed by atoms with E-state index in [9.17, 15) is 4.79 Å². The Labute approximate surface area is 128 Å². The van der Waals surface area contributed by atoms with Crippen LogP contribution in [0.25, 0.3) is 0 Å². The molecule has 0 spiro atoms. The van der Waals surface area contributed by atoms with Gasteiger partial charge in [-0.3, -0.25) is 4.79 Å². The summed E-state index contributed by atoms with van der Waals surface area (Å²) in [5.74, 6) is -0.118. The van der Waals surface area contributed by atoms with E-state index in [0.717, 1.165) is 23.4 Å².